The fourth-order valence-electron chi connectivity index (χ4n) is 3.66. The number of allylic oxidation sites excluding steroid dienone is 3. The number of aromatic nitrogens is 2. The van der Waals surface area contributed by atoms with Crippen LogP contribution in [0.2, 0.25) is 0 Å². The van der Waals surface area contributed by atoms with Crippen molar-refractivity contribution in [3.05, 3.63) is 53.1 Å². The third kappa shape index (κ3) is 13.0. The van der Waals surface area contributed by atoms with Crippen molar-refractivity contribution in [1.82, 2.24) is 20.0 Å². The summed E-state index contributed by atoms with van der Waals surface area (Å²) in [5.41, 5.74) is 0.158. The van der Waals surface area contributed by atoms with Crippen molar-refractivity contribution in [3.63, 3.8) is 0 Å². The van der Waals surface area contributed by atoms with E-state index in [2.05, 4.69) is 31.1 Å². The van der Waals surface area contributed by atoms with Crippen molar-refractivity contribution in [2.45, 2.75) is 113 Å². The van der Waals surface area contributed by atoms with Crippen molar-refractivity contribution < 1.29 is 33.0 Å². The summed E-state index contributed by atoms with van der Waals surface area (Å²) in [6, 6.07) is 7.24. The van der Waals surface area contributed by atoms with Crippen LogP contribution in [0.5, 0.6) is 0 Å². The molecule has 0 fully saturated rings. The molecule has 0 aliphatic rings. The Kier molecular flexibility index (Phi) is 13.1. The molecular weight excluding hydrogens is 670 g/mol. The Morgan fingerprint density at radius 1 is 0.851 bits per heavy atom. The summed E-state index contributed by atoms with van der Waals surface area (Å²) in [6.07, 6.45) is 0.238. The van der Waals surface area contributed by atoms with E-state index in [0.29, 0.717) is 16.7 Å². The first-order valence-electron chi connectivity index (χ1n) is 15.2. The van der Waals surface area contributed by atoms with Crippen LogP contribution in [0, 0.1) is 0 Å². The van der Waals surface area contributed by atoms with Gasteiger partial charge in [-0.1, -0.05) is 24.6 Å². The van der Waals surface area contributed by atoms with Gasteiger partial charge in [-0.15, -0.1) is 10.2 Å². The minimum absolute atomic E-state index is 0.0445. The highest BCUT2D eigenvalue weighted by Gasteiger charge is 2.35. The Balaban J connectivity index is 2.60. The summed E-state index contributed by atoms with van der Waals surface area (Å²) in [5, 5.41) is 8.44. The molecule has 0 spiro atoms. The third-order valence-corrected chi connectivity index (χ3v) is 6.33. The van der Waals surface area contributed by atoms with Crippen LogP contribution in [0.4, 0.5) is 14.4 Å². The molecule has 13 heteroatoms. The lowest BCUT2D eigenvalue weighted by Gasteiger charge is -2.29. The van der Waals surface area contributed by atoms with Crippen molar-refractivity contribution in [1.29, 1.82) is 0 Å². The molecule has 1 aromatic heterocycles. The minimum atomic E-state index is -0.958. The van der Waals surface area contributed by atoms with Crippen LogP contribution < -0.4 is 0 Å². The number of imide groups is 1. The van der Waals surface area contributed by atoms with Gasteiger partial charge in [0, 0.05) is 19.2 Å². The number of hydrogen-bond acceptors (Lipinski definition) is 10. The van der Waals surface area contributed by atoms with E-state index in [1.807, 2.05) is 52.8 Å². The number of benzene rings is 1. The number of nitrogens with zero attached hydrogens (tertiary/aromatic N) is 5. The van der Waals surface area contributed by atoms with E-state index in [9.17, 15) is 14.4 Å². The van der Waals surface area contributed by atoms with Crippen LogP contribution in [0.1, 0.15) is 101 Å². The maximum Gasteiger partial charge on any atom is 0.424 e. The standard InChI is InChI=1S/C34H48BrN5O7/c1-14-21(2)19-25(35)36-26(22(3)40(30(42)46-33(7,8)9)31(43)47-34(10,11)12)28-38-37-27(44-28)24-17-15-23(16-18-24)20-39(13)29(41)45-32(4,5)6/h15-19H,14,20H2,1-13H3. The summed E-state index contributed by atoms with van der Waals surface area (Å²) in [4.78, 5) is 46.1. The van der Waals surface area contributed by atoms with Crippen LogP contribution in [-0.4, -0.2) is 66.7 Å². The van der Waals surface area contributed by atoms with Crippen LogP contribution >= 0.6 is 15.9 Å². The predicted molar refractivity (Wildman–Crippen MR) is 185 cm³/mol. The lowest BCUT2D eigenvalue weighted by atomic mass is 10.1. The van der Waals surface area contributed by atoms with Crippen LogP contribution in [-0.2, 0) is 20.8 Å². The van der Waals surface area contributed by atoms with E-state index >= 15 is 0 Å². The van der Waals surface area contributed by atoms with E-state index in [1.54, 1.807) is 60.7 Å². The Morgan fingerprint density at radius 3 is 1.81 bits per heavy atom. The number of aliphatic imine (C=N–C) groups is 1. The largest absolute Gasteiger partial charge is 0.444 e. The van der Waals surface area contributed by atoms with Gasteiger partial charge < -0.3 is 23.5 Å². The van der Waals surface area contributed by atoms with Crippen molar-refractivity contribution >= 4 is 44.5 Å². The van der Waals surface area contributed by atoms with Gasteiger partial charge in [-0.25, -0.2) is 19.4 Å². The molecule has 12 nitrogen and oxygen atoms in total. The predicted octanol–water partition coefficient (Wildman–Crippen LogP) is 9.11. The molecule has 1 aromatic carbocycles. The van der Waals surface area contributed by atoms with E-state index in [-0.39, 0.29) is 23.2 Å². The number of hydrogen-bond donors (Lipinski definition) is 0. The lowest BCUT2D eigenvalue weighted by Crippen LogP contribution is -2.42. The summed E-state index contributed by atoms with van der Waals surface area (Å²) in [6.45, 7) is 21.4. The third-order valence-electron chi connectivity index (χ3n) is 5.93. The first kappa shape index (κ1) is 39.2. The second-order valence-electron chi connectivity index (χ2n) is 14.0. The lowest BCUT2D eigenvalue weighted by molar-refractivity contribution is 0.00832. The maximum atomic E-state index is 13.4. The van der Waals surface area contributed by atoms with Crippen molar-refractivity contribution in [2.75, 3.05) is 7.05 Å². The number of rotatable bonds is 8. The van der Waals surface area contributed by atoms with Gasteiger partial charge in [0.25, 0.3) is 5.89 Å². The normalized spacial score (nSPS) is 13.5. The molecule has 0 unspecified atom stereocenters. The van der Waals surface area contributed by atoms with Gasteiger partial charge in [-0.05, 0) is 122 Å². The molecule has 47 heavy (non-hydrogen) atoms. The molecule has 0 N–H and O–H groups in total. The maximum absolute atomic E-state index is 13.4. The van der Waals surface area contributed by atoms with E-state index in [0.717, 1.165) is 22.5 Å². The zero-order valence-corrected chi connectivity index (χ0v) is 31.4. The minimum Gasteiger partial charge on any atom is -0.444 e. The average molecular weight is 719 g/mol. The highest BCUT2D eigenvalue weighted by Crippen LogP contribution is 2.29. The Bertz CT molecular complexity index is 1490. The molecule has 2 aromatic rings. The topological polar surface area (TPSA) is 137 Å². The first-order chi connectivity index (χ1) is 21.5. The number of ether oxygens (including phenoxy) is 3. The van der Waals surface area contributed by atoms with Crippen molar-refractivity contribution in [3.8, 4) is 11.5 Å². The molecule has 0 atom stereocenters. The number of carbonyl (C=O) groups is 3. The Morgan fingerprint density at radius 2 is 1.34 bits per heavy atom. The Hall–Kier alpha value is -4.00. The molecule has 3 amide bonds. The van der Waals surface area contributed by atoms with Crippen molar-refractivity contribution in [2.24, 2.45) is 4.99 Å². The monoisotopic (exact) mass is 717 g/mol. The van der Waals surface area contributed by atoms with Gasteiger partial charge in [0.1, 0.15) is 27.1 Å². The zero-order chi connectivity index (χ0) is 35.9. The molecule has 0 radical (unpaired) electrons. The molecule has 0 saturated heterocycles. The fraction of sp³-hybridized carbons (Fsp3) is 0.529. The molecule has 1 heterocycles. The zero-order valence-electron chi connectivity index (χ0n) is 29.8. The van der Waals surface area contributed by atoms with Gasteiger partial charge in [0.2, 0.25) is 5.89 Å². The first-order valence-corrected chi connectivity index (χ1v) is 16.0. The van der Waals surface area contributed by atoms with Gasteiger partial charge >= 0.3 is 18.3 Å². The number of halogens is 1. The van der Waals surface area contributed by atoms with Crippen LogP contribution in [0.15, 0.2) is 51.0 Å². The van der Waals surface area contributed by atoms with Crippen LogP contribution in [0.3, 0.4) is 0 Å². The van der Waals surface area contributed by atoms with Gasteiger partial charge in [0.15, 0.2) is 0 Å². The summed E-state index contributed by atoms with van der Waals surface area (Å²) in [5.74, 6) is 0.118. The smallest absolute Gasteiger partial charge is 0.424 e. The summed E-state index contributed by atoms with van der Waals surface area (Å²) >= 11 is 3.47. The molecule has 0 saturated carbocycles. The molecule has 0 bridgehead atoms. The molecular formula is C34H48BrN5O7. The number of amides is 3. The second kappa shape index (κ2) is 15.7. The van der Waals surface area contributed by atoms with Gasteiger partial charge in [-0.2, -0.15) is 4.90 Å². The molecule has 0 aliphatic carbocycles. The van der Waals surface area contributed by atoms with Gasteiger partial charge in [-0.3, -0.25) is 0 Å². The fourth-order valence-corrected chi connectivity index (χ4v) is 4.23. The highest BCUT2D eigenvalue weighted by atomic mass is 79.9. The highest BCUT2D eigenvalue weighted by molar-refractivity contribution is 9.18. The van der Waals surface area contributed by atoms with E-state index in [1.165, 1.54) is 11.8 Å². The quantitative estimate of drug-likeness (QED) is 0.193. The number of carbonyl (C=O) groups excluding carboxylic acids is 3. The van der Waals surface area contributed by atoms with Crippen LogP contribution in [0.25, 0.3) is 17.2 Å². The summed E-state index contributed by atoms with van der Waals surface area (Å²) < 4.78 is 23.0. The molecule has 258 valence electrons. The van der Waals surface area contributed by atoms with E-state index in [4.69, 9.17) is 18.6 Å². The Labute approximate surface area is 286 Å². The van der Waals surface area contributed by atoms with Gasteiger partial charge in [0.05, 0.1) is 5.70 Å². The average Bonchev–Trinajstić information content (AvgIpc) is 3.39. The molecule has 2 rings (SSSR count). The van der Waals surface area contributed by atoms with E-state index < -0.39 is 35.1 Å². The SMILES string of the molecule is CCC(C)=CC(Br)=NC(=C(C)N(C(=O)OC(C)(C)C)C(=O)OC(C)(C)C)c1nnc(-c2ccc(CN(C)C(=O)OC(C)(C)C)cc2)o1. The second-order valence-corrected chi connectivity index (χ2v) is 14.8. The summed E-state index contributed by atoms with van der Waals surface area (Å²) in [7, 11) is 1.66. The molecule has 0 aliphatic heterocycles.